The van der Waals surface area contributed by atoms with E-state index in [9.17, 15) is 12.8 Å². The van der Waals surface area contributed by atoms with Crippen molar-refractivity contribution in [1.82, 2.24) is 4.98 Å². The second kappa shape index (κ2) is 8.39. The molecule has 4 rings (SSSR count). The zero-order valence-corrected chi connectivity index (χ0v) is 18.6. The average Bonchev–Trinajstić information content (AvgIpc) is 3.18. The minimum absolute atomic E-state index is 0.00477. The Hall–Kier alpha value is -2.78. The van der Waals surface area contributed by atoms with E-state index in [0.29, 0.717) is 31.7 Å². The predicted octanol–water partition coefficient (Wildman–Crippen LogP) is 5.59. The summed E-state index contributed by atoms with van der Waals surface area (Å²) in [6, 6.07) is 18.0. The fraction of sp³-hybridized carbons (Fsp3) is 0.0455. The third kappa shape index (κ3) is 4.33. The number of aromatic nitrogens is 1. The van der Waals surface area contributed by atoms with Crippen LogP contribution in [0, 0.1) is 5.82 Å². The molecule has 0 fully saturated rings. The summed E-state index contributed by atoms with van der Waals surface area (Å²) >= 11 is 7.72. The van der Waals surface area contributed by atoms with Gasteiger partial charge in [-0.25, -0.2) is 22.9 Å². The Balaban J connectivity index is 1.91. The van der Waals surface area contributed by atoms with Crippen molar-refractivity contribution in [2.45, 2.75) is 4.90 Å². The Bertz CT molecular complexity index is 1370. The van der Waals surface area contributed by atoms with Gasteiger partial charge in [0.05, 0.1) is 27.6 Å². The molecule has 1 heterocycles. The molecule has 0 aliphatic carbocycles. The molecule has 0 unspecified atom stereocenters. The van der Waals surface area contributed by atoms with Crippen LogP contribution in [0.3, 0.4) is 0 Å². The molecule has 4 aromatic rings. The van der Waals surface area contributed by atoms with Crippen LogP contribution in [0.4, 0.5) is 4.39 Å². The third-order valence-electron chi connectivity index (χ3n) is 4.60. The van der Waals surface area contributed by atoms with E-state index in [1.165, 1.54) is 36.6 Å². The number of ether oxygens (including phenoxy) is 1. The summed E-state index contributed by atoms with van der Waals surface area (Å²) in [5.41, 5.74) is 2.59. The number of halogens is 2. The largest absolute Gasteiger partial charge is 0.494 e. The van der Waals surface area contributed by atoms with Crippen molar-refractivity contribution < 1.29 is 17.5 Å². The summed E-state index contributed by atoms with van der Waals surface area (Å²) in [6.07, 6.45) is 0. The van der Waals surface area contributed by atoms with Crippen LogP contribution in [0.15, 0.2) is 71.6 Å². The van der Waals surface area contributed by atoms with Crippen molar-refractivity contribution in [1.29, 1.82) is 0 Å². The number of nitrogens with zero attached hydrogens (tertiary/aromatic N) is 1. The molecule has 0 radical (unpaired) electrons. The highest BCUT2D eigenvalue weighted by molar-refractivity contribution is 7.89. The van der Waals surface area contributed by atoms with Gasteiger partial charge < -0.3 is 4.74 Å². The number of sulfonamides is 1. The molecule has 5 nitrogen and oxygen atoms in total. The number of primary sulfonamides is 1. The number of methoxy groups -OCH3 is 1. The molecule has 31 heavy (non-hydrogen) atoms. The quantitative estimate of drug-likeness (QED) is 0.408. The number of nitrogens with two attached hydrogens (primary N) is 1. The molecule has 158 valence electrons. The van der Waals surface area contributed by atoms with Crippen LogP contribution < -0.4 is 9.88 Å². The van der Waals surface area contributed by atoms with Gasteiger partial charge in [0.15, 0.2) is 11.6 Å². The molecule has 0 saturated heterocycles. The SMILES string of the molecule is COc1ccc(-c2sc(-c3ccccc3Cl)nc2-c2ccc(S(N)(=O)=O)cc2)cc1F. The van der Waals surface area contributed by atoms with Gasteiger partial charge in [0.1, 0.15) is 5.01 Å². The van der Waals surface area contributed by atoms with Crippen molar-refractivity contribution >= 4 is 33.0 Å². The van der Waals surface area contributed by atoms with Gasteiger partial charge in [-0.15, -0.1) is 11.3 Å². The average molecular weight is 475 g/mol. The van der Waals surface area contributed by atoms with E-state index in [1.807, 2.05) is 18.2 Å². The van der Waals surface area contributed by atoms with Crippen LogP contribution in [0.1, 0.15) is 0 Å². The van der Waals surface area contributed by atoms with E-state index in [0.717, 1.165) is 5.56 Å². The third-order valence-corrected chi connectivity index (χ3v) is 7.00. The molecule has 0 bridgehead atoms. The second-order valence-corrected chi connectivity index (χ2v) is 9.56. The number of thiazole rings is 1. The van der Waals surface area contributed by atoms with Crippen molar-refractivity contribution in [2.75, 3.05) is 7.11 Å². The number of hydrogen-bond acceptors (Lipinski definition) is 5. The van der Waals surface area contributed by atoms with Crippen molar-refractivity contribution in [3.63, 3.8) is 0 Å². The van der Waals surface area contributed by atoms with Gasteiger partial charge in [-0.05, 0) is 42.0 Å². The van der Waals surface area contributed by atoms with Gasteiger partial charge in [-0.2, -0.15) is 0 Å². The molecule has 0 saturated carbocycles. The number of rotatable bonds is 5. The van der Waals surface area contributed by atoms with Crippen LogP contribution in [-0.4, -0.2) is 20.5 Å². The summed E-state index contributed by atoms with van der Waals surface area (Å²) in [7, 11) is -2.42. The first kappa shape index (κ1) is 21.5. The Kier molecular flexibility index (Phi) is 5.81. The van der Waals surface area contributed by atoms with E-state index in [1.54, 1.807) is 30.3 Å². The number of benzene rings is 3. The molecular weight excluding hydrogens is 459 g/mol. The van der Waals surface area contributed by atoms with Crippen molar-refractivity contribution in [2.24, 2.45) is 5.14 Å². The lowest BCUT2D eigenvalue weighted by molar-refractivity contribution is 0.386. The lowest BCUT2D eigenvalue weighted by Gasteiger charge is -2.06. The zero-order chi connectivity index (χ0) is 22.2. The highest BCUT2D eigenvalue weighted by atomic mass is 35.5. The maximum Gasteiger partial charge on any atom is 0.238 e. The van der Waals surface area contributed by atoms with Crippen molar-refractivity contribution in [3.8, 4) is 38.0 Å². The molecular formula is C22H16ClFN2O3S2. The van der Waals surface area contributed by atoms with Gasteiger partial charge in [-0.3, -0.25) is 0 Å². The highest BCUT2D eigenvalue weighted by Gasteiger charge is 2.19. The van der Waals surface area contributed by atoms with Crippen LogP contribution >= 0.6 is 22.9 Å². The predicted molar refractivity (Wildman–Crippen MR) is 121 cm³/mol. The molecule has 0 amide bonds. The van der Waals surface area contributed by atoms with Crippen molar-refractivity contribution in [3.05, 3.63) is 77.6 Å². The Morgan fingerprint density at radius 1 is 1.03 bits per heavy atom. The van der Waals surface area contributed by atoms with Crippen LogP contribution in [-0.2, 0) is 10.0 Å². The Labute approximate surface area is 188 Å². The highest BCUT2D eigenvalue weighted by Crippen LogP contribution is 2.43. The molecule has 2 N–H and O–H groups in total. The summed E-state index contributed by atoms with van der Waals surface area (Å²) in [4.78, 5) is 5.46. The summed E-state index contributed by atoms with van der Waals surface area (Å²) < 4.78 is 42.6. The monoisotopic (exact) mass is 474 g/mol. The molecule has 1 aromatic heterocycles. The molecule has 0 aliphatic rings. The first-order chi connectivity index (χ1) is 14.8. The fourth-order valence-electron chi connectivity index (χ4n) is 3.07. The van der Waals surface area contributed by atoms with Gasteiger partial charge >= 0.3 is 0 Å². The van der Waals surface area contributed by atoms with Crippen LogP contribution in [0.25, 0.3) is 32.3 Å². The van der Waals surface area contributed by atoms with Crippen LogP contribution in [0.5, 0.6) is 5.75 Å². The first-order valence-electron chi connectivity index (χ1n) is 9.01. The van der Waals surface area contributed by atoms with Gasteiger partial charge in [-0.1, -0.05) is 41.9 Å². The molecule has 9 heteroatoms. The second-order valence-electron chi connectivity index (χ2n) is 6.60. The summed E-state index contributed by atoms with van der Waals surface area (Å²) in [5.74, 6) is -0.359. The maximum absolute atomic E-state index is 14.4. The number of hydrogen-bond donors (Lipinski definition) is 1. The topological polar surface area (TPSA) is 82.3 Å². The smallest absolute Gasteiger partial charge is 0.238 e. The van der Waals surface area contributed by atoms with E-state index >= 15 is 0 Å². The minimum Gasteiger partial charge on any atom is -0.494 e. The molecule has 0 spiro atoms. The normalized spacial score (nSPS) is 11.5. The maximum atomic E-state index is 14.4. The lowest BCUT2D eigenvalue weighted by Crippen LogP contribution is -2.11. The molecule has 0 atom stereocenters. The van der Waals surface area contributed by atoms with E-state index < -0.39 is 15.8 Å². The van der Waals surface area contributed by atoms with Crippen LogP contribution in [0.2, 0.25) is 5.02 Å². The van der Waals surface area contributed by atoms with Gasteiger partial charge in [0.2, 0.25) is 10.0 Å². The molecule has 3 aromatic carbocycles. The van der Waals surface area contributed by atoms with Gasteiger partial charge in [0.25, 0.3) is 0 Å². The lowest BCUT2D eigenvalue weighted by atomic mass is 10.1. The Morgan fingerprint density at radius 3 is 2.32 bits per heavy atom. The van der Waals surface area contributed by atoms with E-state index in [4.69, 9.17) is 26.5 Å². The molecule has 0 aliphatic heterocycles. The minimum atomic E-state index is -3.82. The standard InChI is InChI=1S/C22H16ClFN2O3S2/c1-29-19-11-8-14(12-18(19)24)21-20(13-6-9-15(10-7-13)31(25,27)28)26-22(30-21)16-4-2-3-5-17(16)23/h2-12H,1H3,(H2,25,27,28). The summed E-state index contributed by atoms with van der Waals surface area (Å²) in [6.45, 7) is 0. The van der Waals surface area contributed by atoms with Gasteiger partial charge in [0, 0.05) is 11.1 Å². The Morgan fingerprint density at radius 2 is 1.71 bits per heavy atom. The first-order valence-corrected chi connectivity index (χ1v) is 11.7. The van der Waals surface area contributed by atoms with E-state index in [2.05, 4.69) is 0 Å². The zero-order valence-electron chi connectivity index (χ0n) is 16.2. The fourth-order valence-corrected chi connectivity index (χ4v) is 4.99. The van der Waals surface area contributed by atoms with E-state index in [-0.39, 0.29) is 10.6 Å². The summed E-state index contributed by atoms with van der Waals surface area (Å²) in [5, 5.41) is 6.39.